The topological polar surface area (TPSA) is 77.8 Å². The zero-order valence-electron chi connectivity index (χ0n) is 15.6. The van der Waals surface area contributed by atoms with Crippen LogP contribution in [0, 0.1) is 0 Å². The van der Waals surface area contributed by atoms with Crippen LogP contribution >= 0.6 is 0 Å². The molecule has 0 fully saturated rings. The van der Waals surface area contributed by atoms with Gasteiger partial charge in [0.1, 0.15) is 0 Å². The number of aliphatic hydroxyl groups excluding tert-OH is 2. The van der Waals surface area contributed by atoms with Crippen molar-refractivity contribution in [3.8, 4) is 0 Å². The van der Waals surface area contributed by atoms with E-state index >= 15 is 0 Å². The highest BCUT2D eigenvalue weighted by molar-refractivity contribution is 5.80. The first kappa shape index (κ1) is 23.7. The molecule has 4 nitrogen and oxygen atoms in total. The zero-order chi connectivity index (χ0) is 19.5. The van der Waals surface area contributed by atoms with E-state index in [1.807, 2.05) is 31.2 Å². The zero-order valence-corrected chi connectivity index (χ0v) is 15.6. The van der Waals surface area contributed by atoms with Gasteiger partial charge in [-0.15, -0.1) is 0 Å². The van der Waals surface area contributed by atoms with Crippen molar-refractivity contribution in [2.24, 2.45) is 0 Å². The molecular formula is C22H32O4. The Morgan fingerprint density at radius 2 is 1.35 bits per heavy atom. The molecule has 0 radical (unpaired) electrons. The van der Waals surface area contributed by atoms with Crippen LogP contribution < -0.4 is 0 Å². The number of rotatable bonds is 14. The van der Waals surface area contributed by atoms with Gasteiger partial charge >= 0.3 is 5.97 Å². The Hall–Kier alpha value is -2.33. The lowest BCUT2D eigenvalue weighted by molar-refractivity contribution is -0.131. The second kappa shape index (κ2) is 17.5. The third kappa shape index (κ3) is 18.0. The first-order valence-electron chi connectivity index (χ1n) is 9.20. The third-order valence-corrected chi connectivity index (χ3v) is 3.61. The Morgan fingerprint density at radius 1 is 0.808 bits per heavy atom. The van der Waals surface area contributed by atoms with E-state index in [4.69, 9.17) is 5.11 Å². The van der Waals surface area contributed by atoms with Gasteiger partial charge in [-0.25, -0.2) is 4.79 Å². The molecule has 0 aliphatic rings. The quantitative estimate of drug-likeness (QED) is 0.168. The van der Waals surface area contributed by atoms with Gasteiger partial charge in [-0.3, -0.25) is 0 Å². The van der Waals surface area contributed by atoms with Crippen LogP contribution in [-0.2, 0) is 4.79 Å². The van der Waals surface area contributed by atoms with Crippen molar-refractivity contribution >= 4 is 5.97 Å². The SMILES string of the molecule is CCC(O)CCCCCC/C(O)=C/C=C/C=C/C=C/C=C/C=C/C(=O)O. The van der Waals surface area contributed by atoms with Gasteiger partial charge in [-0.1, -0.05) is 80.9 Å². The molecular weight excluding hydrogens is 328 g/mol. The van der Waals surface area contributed by atoms with E-state index in [1.54, 1.807) is 30.4 Å². The Labute approximate surface area is 157 Å². The van der Waals surface area contributed by atoms with Crippen molar-refractivity contribution < 1.29 is 20.1 Å². The first-order chi connectivity index (χ1) is 12.6. The number of hydrogen-bond donors (Lipinski definition) is 3. The summed E-state index contributed by atoms with van der Waals surface area (Å²) in [5.41, 5.74) is 0. The lowest BCUT2D eigenvalue weighted by Gasteiger charge is -2.06. The summed E-state index contributed by atoms with van der Waals surface area (Å²) in [5.74, 6) is -0.585. The van der Waals surface area contributed by atoms with E-state index in [-0.39, 0.29) is 6.10 Å². The summed E-state index contributed by atoms with van der Waals surface area (Å²) in [7, 11) is 0. The monoisotopic (exact) mass is 360 g/mol. The Morgan fingerprint density at radius 3 is 1.92 bits per heavy atom. The van der Waals surface area contributed by atoms with Gasteiger partial charge in [-0.05, 0) is 25.3 Å². The molecule has 0 amide bonds. The minimum atomic E-state index is -0.966. The van der Waals surface area contributed by atoms with Crippen LogP contribution in [-0.4, -0.2) is 27.4 Å². The molecule has 0 saturated carbocycles. The van der Waals surface area contributed by atoms with Crippen molar-refractivity contribution in [1.29, 1.82) is 0 Å². The van der Waals surface area contributed by atoms with Crippen molar-refractivity contribution in [3.63, 3.8) is 0 Å². The Kier molecular flexibility index (Phi) is 15.9. The predicted octanol–water partition coefficient (Wildman–Crippen LogP) is 5.41. The van der Waals surface area contributed by atoms with E-state index < -0.39 is 5.97 Å². The molecule has 4 heteroatoms. The largest absolute Gasteiger partial charge is 0.512 e. The highest BCUT2D eigenvalue weighted by Crippen LogP contribution is 2.11. The minimum absolute atomic E-state index is 0.166. The van der Waals surface area contributed by atoms with Crippen molar-refractivity contribution in [2.75, 3.05) is 0 Å². The predicted molar refractivity (Wildman–Crippen MR) is 108 cm³/mol. The summed E-state index contributed by atoms with van der Waals surface area (Å²) < 4.78 is 0. The van der Waals surface area contributed by atoms with Crippen LogP contribution in [0.4, 0.5) is 0 Å². The summed E-state index contributed by atoms with van der Waals surface area (Å²) >= 11 is 0. The number of hydrogen-bond acceptors (Lipinski definition) is 3. The molecule has 26 heavy (non-hydrogen) atoms. The maximum atomic E-state index is 10.2. The molecule has 0 heterocycles. The van der Waals surface area contributed by atoms with Gasteiger partial charge in [-0.2, -0.15) is 0 Å². The number of carboxylic acid groups (broad SMARTS) is 1. The number of carbonyl (C=O) groups is 1. The molecule has 1 atom stereocenters. The summed E-state index contributed by atoms with van der Waals surface area (Å²) in [6.07, 6.45) is 24.9. The molecule has 3 N–H and O–H groups in total. The molecule has 0 saturated heterocycles. The number of carboxylic acids is 1. The lowest BCUT2D eigenvalue weighted by Crippen LogP contribution is -2.03. The highest BCUT2D eigenvalue weighted by Gasteiger charge is 1.99. The maximum Gasteiger partial charge on any atom is 0.328 e. The smallest absolute Gasteiger partial charge is 0.328 e. The van der Waals surface area contributed by atoms with Gasteiger partial charge in [0.05, 0.1) is 11.9 Å². The average molecular weight is 360 g/mol. The molecule has 144 valence electrons. The number of allylic oxidation sites excluding steroid dienone is 11. The standard InChI is InChI=1S/C22H32O4/c1-2-20(23)16-12-10-11-14-18-21(24)17-13-8-6-4-3-5-7-9-15-19-22(25)26/h3-9,13,15,17,19-20,23-24H,2,10-12,14,16,18H2,1H3,(H,25,26)/b5-3+,6-4+,9-7+,13-8+,19-15+,21-17-. The average Bonchev–Trinajstić information content (AvgIpc) is 2.61. The van der Waals surface area contributed by atoms with Gasteiger partial charge in [0.2, 0.25) is 0 Å². The first-order valence-corrected chi connectivity index (χ1v) is 9.20. The molecule has 0 aliphatic heterocycles. The van der Waals surface area contributed by atoms with E-state index in [9.17, 15) is 15.0 Å². The van der Waals surface area contributed by atoms with E-state index in [1.165, 1.54) is 6.08 Å². The fourth-order valence-corrected chi connectivity index (χ4v) is 2.08. The van der Waals surface area contributed by atoms with E-state index in [0.717, 1.165) is 44.6 Å². The Balaban J connectivity index is 3.81. The third-order valence-electron chi connectivity index (χ3n) is 3.61. The minimum Gasteiger partial charge on any atom is -0.512 e. The lowest BCUT2D eigenvalue weighted by atomic mass is 10.1. The van der Waals surface area contributed by atoms with Gasteiger partial charge in [0.15, 0.2) is 0 Å². The van der Waals surface area contributed by atoms with Crippen LogP contribution in [0.15, 0.2) is 72.6 Å². The molecule has 0 aromatic rings. The summed E-state index contributed by atoms with van der Waals surface area (Å²) in [6.45, 7) is 1.99. The molecule has 0 aliphatic carbocycles. The van der Waals surface area contributed by atoms with Crippen LogP contribution in [0.3, 0.4) is 0 Å². The summed E-state index contributed by atoms with van der Waals surface area (Å²) in [5, 5.41) is 27.6. The van der Waals surface area contributed by atoms with Crippen molar-refractivity contribution in [2.45, 2.75) is 58.0 Å². The normalized spacial score (nSPS) is 14.6. The number of aliphatic carboxylic acids is 1. The second-order valence-corrected chi connectivity index (χ2v) is 5.91. The van der Waals surface area contributed by atoms with Crippen molar-refractivity contribution in [1.82, 2.24) is 0 Å². The molecule has 0 aromatic carbocycles. The molecule has 0 spiro atoms. The van der Waals surface area contributed by atoms with Crippen LogP contribution in [0.2, 0.25) is 0 Å². The summed E-state index contributed by atoms with van der Waals surface area (Å²) in [6, 6.07) is 0. The summed E-state index contributed by atoms with van der Waals surface area (Å²) in [4.78, 5) is 10.2. The van der Waals surface area contributed by atoms with Gasteiger partial charge in [0.25, 0.3) is 0 Å². The molecule has 0 bridgehead atoms. The molecule has 1 unspecified atom stereocenters. The maximum absolute atomic E-state index is 10.2. The second-order valence-electron chi connectivity index (χ2n) is 5.91. The number of unbranched alkanes of at least 4 members (excludes halogenated alkanes) is 3. The highest BCUT2D eigenvalue weighted by atomic mass is 16.4. The van der Waals surface area contributed by atoms with Crippen LogP contribution in [0.5, 0.6) is 0 Å². The van der Waals surface area contributed by atoms with E-state index in [2.05, 4.69) is 0 Å². The van der Waals surface area contributed by atoms with Crippen molar-refractivity contribution in [3.05, 3.63) is 72.6 Å². The van der Waals surface area contributed by atoms with E-state index in [0.29, 0.717) is 12.2 Å². The molecule has 0 aromatic heterocycles. The fraction of sp³-hybridized carbons (Fsp3) is 0.409. The fourth-order valence-electron chi connectivity index (χ4n) is 2.08. The van der Waals surface area contributed by atoms with Gasteiger partial charge in [0, 0.05) is 12.5 Å². The van der Waals surface area contributed by atoms with Crippen LogP contribution in [0.25, 0.3) is 0 Å². The van der Waals surface area contributed by atoms with Crippen LogP contribution in [0.1, 0.15) is 51.9 Å². The molecule has 0 rings (SSSR count). The number of aliphatic hydroxyl groups is 2. The Bertz CT molecular complexity index is 536. The van der Waals surface area contributed by atoms with Gasteiger partial charge < -0.3 is 15.3 Å².